The first-order valence-electron chi connectivity index (χ1n) is 9.57. The Morgan fingerprint density at radius 3 is 2.50 bits per heavy atom. The van der Waals surface area contributed by atoms with Crippen molar-refractivity contribution >= 4 is 38.5 Å². The number of hydrogen-bond acceptors (Lipinski definition) is 8. The van der Waals surface area contributed by atoms with Crippen molar-refractivity contribution in [2.45, 2.75) is 30.9 Å². The third kappa shape index (κ3) is 5.78. The fourth-order valence-corrected chi connectivity index (χ4v) is 4.16. The molecule has 0 saturated carbocycles. The number of nitrogens with zero attached hydrogens (tertiary/aromatic N) is 3. The molecule has 0 atom stereocenters. The van der Waals surface area contributed by atoms with Crippen LogP contribution in [-0.2, 0) is 21.2 Å². The monoisotopic (exact) mass is 468 g/mol. The molecule has 1 aromatic heterocycles. The maximum absolute atomic E-state index is 12.4. The van der Waals surface area contributed by atoms with Crippen molar-refractivity contribution in [1.82, 2.24) is 9.36 Å². The summed E-state index contributed by atoms with van der Waals surface area (Å²) in [7, 11) is -3.65. The quantitative estimate of drug-likeness (QED) is 0.394. The van der Waals surface area contributed by atoms with Crippen molar-refractivity contribution < 1.29 is 17.9 Å². The number of rotatable bonds is 8. The standard InChI is InChI=1S/C22H20N4O4S2/c1-15(2)32(28,29)22-25-21(31-26-22)24-20(27)18(13-23)12-16-8-10-19(11-9-16)30-14-17-6-4-3-5-7-17/h3-12,15H,14H2,1-2H3,(H,24,25,26,27). The molecule has 0 aliphatic heterocycles. The number of anilines is 1. The number of aromatic nitrogens is 2. The summed E-state index contributed by atoms with van der Waals surface area (Å²) in [6, 6.07) is 18.5. The Morgan fingerprint density at radius 2 is 1.88 bits per heavy atom. The van der Waals surface area contributed by atoms with E-state index in [1.165, 1.54) is 19.9 Å². The zero-order chi connectivity index (χ0) is 23.1. The lowest BCUT2D eigenvalue weighted by Gasteiger charge is -2.06. The van der Waals surface area contributed by atoms with Gasteiger partial charge < -0.3 is 4.74 Å². The van der Waals surface area contributed by atoms with Crippen LogP contribution in [0.1, 0.15) is 25.0 Å². The highest BCUT2D eigenvalue weighted by Gasteiger charge is 2.25. The van der Waals surface area contributed by atoms with Gasteiger partial charge >= 0.3 is 0 Å². The predicted octanol–water partition coefficient (Wildman–Crippen LogP) is 3.84. The molecular weight excluding hydrogens is 448 g/mol. The minimum Gasteiger partial charge on any atom is -0.489 e. The average Bonchev–Trinajstić information content (AvgIpc) is 3.26. The minimum absolute atomic E-state index is 0.0000323. The van der Waals surface area contributed by atoms with E-state index in [1.807, 2.05) is 36.4 Å². The van der Waals surface area contributed by atoms with Gasteiger partial charge in [0.15, 0.2) is 0 Å². The van der Waals surface area contributed by atoms with E-state index in [0.29, 0.717) is 17.9 Å². The molecule has 0 spiro atoms. The fourth-order valence-electron chi connectivity index (χ4n) is 2.47. The Labute approximate surface area is 190 Å². The van der Waals surface area contributed by atoms with Crippen molar-refractivity contribution in [2.75, 3.05) is 5.32 Å². The molecule has 0 fully saturated rings. The Morgan fingerprint density at radius 1 is 1.19 bits per heavy atom. The molecule has 0 bridgehead atoms. The molecule has 3 aromatic rings. The first-order valence-corrected chi connectivity index (χ1v) is 11.9. The van der Waals surface area contributed by atoms with Gasteiger partial charge in [0.1, 0.15) is 24.0 Å². The van der Waals surface area contributed by atoms with Crippen molar-refractivity contribution in [2.24, 2.45) is 0 Å². The first-order chi connectivity index (χ1) is 15.3. The van der Waals surface area contributed by atoms with E-state index in [-0.39, 0.29) is 15.9 Å². The zero-order valence-corrected chi connectivity index (χ0v) is 19.0. The molecule has 2 aromatic carbocycles. The van der Waals surface area contributed by atoms with Crippen LogP contribution < -0.4 is 10.1 Å². The second kappa shape index (κ2) is 10.2. The van der Waals surface area contributed by atoms with Gasteiger partial charge in [-0.05, 0) is 43.2 Å². The van der Waals surface area contributed by atoms with E-state index in [2.05, 4.69) is 14.7 Å². The van der Waals surface area contributed by atoms with E-state index in [1.54, 1.807) is 24.3 Å². The lowest BCUT2D eigenvalue weighted by molar-refractivity contribution is -0.112. The van der Waals surface area contributed by atoms with Crippen LogP contribution in [0.15, 0.2) is 65.3 Å². The van der Waals surface area contributed by atoms with E-state index in [4.69, 9.17) is 4.74 Å². The Bertz CT molecular complexity index is 1260. The van der Waals surface area contributed by atoms with Gasteiger partial charge in [-0.3, -0.25) is 10.1 Å². The highest BCUT2D eigenvalue weighted by atomic mass is 32.2. The molecule has 8 nitrogen and oxygen atoms in total. The first kappa shape index (κ1) is 23.1. The highest BCUT2D eigenvalue weighted by molar-refractivity contribution is 7.91. The second-order valence-electron chi connectivity index (χ2n) is 6.94. The number of carbonyl (C=O) groups excluding carboxylic acids is 1. The molecule has 0 aliphatic rings. The summed E-state index contributed by atoms with van der Waals surface area (Å²) >= 11 is 0.737. The summed E-state index contributed by atoms with van der Waals surface area (Å²) in [5, 5.41) is 10.8. The van der Waals surface area contributed by atoms with Crippen molar-refractivity contribution in [3.63, 3.8) is 0 Å². The number of sulfone groups is 1. The molecule has 0 unspecified atom stereocenters. The third-order valence-corrected chi connectivity index (χ3v) is 6.99. The molecule has 32 heavy (non-hydrogen) atoms. The number of carbonyl (C=O) groups is 1. The van der Waals surface area contributed by atoms with Crippen LogP contribution in [0.5, 0.6) is 5.75 Å². The summed E-state index contributed by atoms with van der Waals surface area (Å²) in [5.41, 5.74) is 1.51. The predicted molar refractivity (Wildman–Crippen MR) is 122 cm³/mol. The van der Waals surface area contributed by atoms with Crippen LogP contribution in [0, 0.1) is 11.3 Å². The van der Waals surface area contributed by atoms with Gasteiger partial charge in [0.2, 0.25) is 15.0 Å². The Balaban J connectivity index is 1.66. The van der Waals surface area contributed by atoms with Gasteiger partial charge in [-0.15, -0.1) is 0 Å². The highest BCUT2D eigenvalue weighted by Crippen LogP contribution is 2.20. The Kier molecular flexibility index (Phi) is 7.35. The fraction of sp³-hybridized carbons (Fsp3) is 0.182. The van der Waals surface area contributed by atoms with E-state index in [9.17, 15) is 18.5 Å². The summed E-state index contributed by atoms with van der Waals surface area (Å²) in [4.78, 5) is 16.3. The lowest BCUT2D eigenvalue weighted by Crippen LogP contribution is -2.16. The van der Waals surface area contributed by atoms with Crippen LogP contribution in [-0.4, -0.2) is 28.9 Å². The van der Waals surface area contributed by atoms with Crippen molar-refractivity contribution in [3.8, 4) is 11.8 Å². The molecule has 0 radical (unpaired) electrons. The Hall–Kier alpha value is -3.55. The number of benzene rings is 2. The maximum Gasteiger partial charge on any atom is 0.268 e. The average molecular weight is 469 g/mol. The largest absolute Gasteiger partial charge is 0.489 e. The number of ether oxygens (including phenoxy) is 1. The van der Waals surface area contributed by atoms with Gasteiger partial charge in [-0.1, -0.05) is 42.5 Å². The maximum atomic E-state index is 12.4. The molecule has 0 saturated heterocycles. The number of amides is 1. The summed E-state index contributed by atoms with van der Waals surface area (Å²) in [5.74, 6) is -0.0525. The van der Waals surface area contributed by atoms with Crippen LogP contribution in [0.3, 0.4) is 0 Å². The molecule has 3 rings (SSSR count). The third-order valence-electron chi connectivity index (χ3n) is 4.31. The SMILES string of the molecule is CC(C)S(=O)(=O)c1nsc(NC(=O)C(C#N)=Cc2ccc(OCc3ccccc3)cc2)n1. The van der Waals surface area contributed by atoms with Crippen LogP contribution in [0.4, 0.5) is 5.13 Å². The topological polar surface area (TPSA) is 122 Å². The van der Waals surface area contributed by atoms with Gasteiger partial charge in [0.05, 0.1) is 5.25 Å². The molecule has 1 heterocycles. The van der Waals surface area contributed by atoms with E-state index < -0.39 is 21.0 Å². The van der Waals surface area contributed by atoms with Crippen LogP contribution in [0.2, 0.25) is 0 Å². The number of nitrogens with one attached hydrogen (secondary N) is 1. The van der Waals surface area contributed by atoms with Gasteiger partial charge in [0, 0.05) is 11.5 Å². The molecule has 0 aliphatic carbocycles. The normalized spacial score (nSPS) is 11.8. The summed E-state index contributed by atoms with van der Waals surface area (Å²) in [6.07, 6.45) is 1.42. The van der Waals surface area contributed by atoms with Gasteiger partial charge in [-0.25, -0.2) is 8.42 Å². The number of nitriles is 1. The minimum atomic E-state index is -3.65. The summed E-state index contributed by atoms with van der Waals surface area (Å²) < 4.78 is 33.7. The smallest absolute Gasteiger partial charge is 0.268 e. The molecule has 1 amide bonds. The molecule has 10 heteroatoms. The lowest BCUT2D eigenvalue weighted by atomic mass is 10.1. The zero-order valence-electron chi connectivity index (χ0n) is 17.3. The molecule has 1 N–H and O–H groups in total. The second-order valence-corrected chi connectivity index (χ2v) is 10.1. The number of hydrogen-bond donors (Lipinski definition) is 1. The molecule has 164 valence electrons. The van der Waals surface area contributed by atoms with E-state index in [0.717, 1.165) is 17.1 Å². The van der Waals surface area contributed by atoms with Crippen LogP contribution >= 0.6 is 11.5 Å². The van der Waals surface area contributed by atoms with Gasteiger partial charge in [0.25, 0.3) is 11.1 Å². The van der Waals surface area contributed by atoms with Crippen LogP contribution in [0.25, 0.3) is 6.08 Å². The van der Waals surface area contributed by atoms with Gasteiger partial charge in [-0.2, -0.15) is 14.6 Å². The summed E-state index contributed by atoms with van der Waals surface area (Å²) in [6.45, 7) is 3.46. The van der Waals surface area contributed by atoms with Crippen molar-refractivity contribution in [3.05, 3.63) is 71.3 Å². The van der Waals surface area contributed by atoms with Crippen molar-refractivity contribution in [1.29, 1.82) is 5.26 Å². The van der Waals surface area contributed by atoms with E-state index >= 15 is 0 Å². The molecular formula is C22H20N4O4S2.